The van der Waals surface area contributed by atoms with Gasteiger partial charge < -0.3 is 24.8 Å². The molecular weight excluding hydrogens is 603 g/mol. The molecule has 0 bridgehead atoms. The molecule has 0 atom stereocenters. The molecule has 230 valence electrons. The van der Waals surface area contributed by atoms with Crippen LogP contribution >= 0.6 is 23.1 Å². The Bertz CT molecular complexity index is 1680. The SMILES string of the molecule is CCOC(=O)c1c(NC(=O)CSc2nnc(CNC(=O)c3cc(OC)cc(OC)c3)n2-c2cccc(C)c2)sc2c1CCC2. The normalized spacial score (nSPS) is 12.0. The van der Waals surface area contributed by atoms with E-state index >= 15 is 0 Å². The number of aryl methyl sites for hydroxylation is 2. The zero-order valence-electron chi connectivity index (χ0n) is 24.9. The number of methoxy groups -OCH3 is 2. The number of hydrogen-bond acceptors (Lipinski definition) is 10. The van der Waals surface area contributed by atoms with E-state index in [0.29, 0.717) is 38.6 Å². The third kappa shape index (κ3) is 6.89. The van der Waals surface area contributed by atoms with Crippen molar-refractivity contribution in [3.8, 4) is 17.2 Å². The predicted molar refractivity (Wildman–Crippen MR) is 168 cm³/mol. The van der Waals surface area contributed by atoms with Crippen LogP contribution in [0.5, 0.6) is 11.5 Å². The highest BCUT2D eigenvalue weighted by molar-refractivity contribution is 7.99. The summed E-state index contributed by atoms with van der Waals surface area (Å²) in [5, 5.41) is 15.5. The number of rotatable bonds is 12. The zero-order chi connectivity index (χ0) is 31.2. The Kier molecular flexibility index (Phi) is 9.85. The summed E-state index contributed by atoms with van der Waals surface area (Å²) in [7, 11) is 3.04. The van der Waals surface area contributed by atoms with Crippen molar-refractivity contribution in [1.29, 1.82) is 0 Å². The van der Waals surface area contributed by atoms with Gasteiger partial charge in [0.25, 0.3) is 5.91 Å². The highest BCUT2D eigenvalue weighted by Gasteiger charge is 2.28. The standard InChI is InChI=1S/C31H33N5O6S2/c1-5-42-30(39)27-23-10-7-11-24(23)44-29(27)33-26(37)17-43-31-35-34-25(36(31)20-9-6-8-18(2)12-20)16-32-28(38)19-13-21(40-3)15-22(14-19)41-4/h6,8-9,12-15H,5,7,10-11,16-17H2,1-4H3,(H,32,38)(H,33,37). The van der Waals surface area contributed by atoms with Crippen LogP contribution in [0.3, 0.4) is 0 Å². The molecule has 0 radical (unpaired) electrons. The number of hydrogen-bond donors (Lipinski definition) is 2. The van der Waals surface area contributed by atoms with Gasteiger partial charge in [-0.2, -0.15) is 0 Å². The van der Waals surface area contributed by atoms with Crippen molar-refractivity contribution >= 4 is 45.9 Å². The van der Waals surface area contributed by atoms with Gasteiger partial charge >= 0.3 is 5.97 Å². The van der Waals surface area contributed by atoms with Crippen LogP contribution in [0.1, 0.15) is 55.9 Å². The van der Waals surface area contributed by atoms with Crippen LogP contribution in [-0.2, 0) is 28.9 Å². The molecule has 11 nitrogen and oxygen atoms in total. The second-order valence-electron chi connectivity index (χ2n) is 9.98. The van der Waals surface area contributed by atoms with E-state index in [0.717, 1.165) is 41.0 Å². The topological polar surface area (TPSA) is 134 Å². The van der Waals surface area contributed by atoms with E-state index in [4.69, 9.17) is 14.2 Å². The van der Waals surface area contributed by atoms with Gasteiger partial charge in [-0.05, 0) is 68.5 Å². The van der Waals surface area contributed by atoms with Crippen LogP contribution in [0.15, 0.2) is 47.6 Å². The summed E-state index contributed by atoms with van der Waals surface area (Å²) in [4.78, 5) is 40.0. The van der Waals surface area contributed by atoms with Gasteiger partial charge in [-0.15, -0.1) is 21.5 Å². The molecule has 5 rings (SSSR count). The summed E-state index contributed by atoms with van der Waals surface area (Å²) in [6.07, 6.45) is 2.68. The van der Waals surface area contributed by atoms with Gasteiger partial charge in [0, 0.05) is 22.2 Å². The van der Waals surface area contributed by atoms with E-state index in [1.807, 2.05) is 35.8 Å². The maximum absolute atomic E-state index is 13.1. The molecular formula is C31H33N5O6S2. The summed E-state index contributed by atoms with van der Waals surface area (Å²) < 4.78 is 17.7. The maximum atomic E-state index is 13.1. The molecule has 0 saturated carbocycles. The van der Waals surface area contributed by atoms with Gasteiger partial charge in [0.15, 0.2) is 11.0 Å². The molecule has 4 aromatic rings. The average Bonchev–Trinajstić information content (AvgIpc) is 3.73. The van der Waals surface area contributed by atoms with Crippen molar-refractivity contribution in [3.63, 3.8) is 0 Å². The number of anilines is 1. The number of fused-ring (bicyclic) bond motifs is 1. The van der Waals surface area contributed by atoms with Crippen LogP contribution in [0.2, 0.25) is 0 Å². The molecule has 2 aromatic heterocycles. The Labute approximate surface area is 263 Å². The van der Waals surface area contributed by atoms with Crippen LogP contribution < -0.4 is 20.1 Å². The molecule has 44 heavy (non-hydrogen) atoms. The van der Waals surface area contributed by atoms with Gasteiger partial charge in [0.1, 0.15) is 16.5 Å². The highest BCUT2D eigenvalue weighted by atomic mass is 32.2. The monoisotopic (exact) mass is 635 g/mol. The van der Waals surface area contributed by atoms with Crippen molar-refractivity contribution < 1.29 is 28.6 Å². The summed E-state index contributed by atoms with van der Waals surface area (Å²) in [5.74, 6) is 0.488. The molecule has 1 aliphatic carbocycles. The molecule has 0 unspecified atom stereocenters. The lowest BCUT2D eigenvalue weighted by Gasteiger charge is -2.12. The van der Waals surface area contributed by atoms with Crippen molar-refractivity contribution in [2.24, 2.45) is 0 Å². The van der Waals surface area contributed by atoms with Gasteiger partial charge in [0.05, 0.1) is 38.7 Å². The second kappa shape index (κ2) is 14.0. The lowest BCUT2D eigenvalue weighted by molar-refractivity contribution is -0.113. The fourth-order valence-electron chi connectivity index (χ4n) is 4.94. The smallest absolute Gasteiger partial charge is 0.341 e. The van der Waals surface area contributed by atoms with Crippen LogP contribution in [0, 0.1) is 6.92 Å². The first kappa shape index (κ1) is 31.1. The number of aromatic nitrogens is 3. The van der Waals surface area contributed by atoms with Crippen LogP contribution in [-0.4, -0.2) is 59.1 Å². The molecule has 0 saturated heterocycles. The van der Waals surface area contributed by atoms with Crippen molar-refractivity contribution in [2.45, 2.75) is 44.8 Å². The minimum atomic E-state index is -0.409. The Morgan fingerprint density at radius 3 is 2.52 bits per heavy atom. The number of carbonyl (C=O) groups excluding carboxylic acids is 3. The maximum Gasteiger partial charge on any atom is 0.341 e. The molecule has 0 aliphatic heterocycles. The van der Waals surface area contributed by atoms with Gasteiger partial charge in [-0.1, -0.05) is 23.9 Å². The number of amides is 2. The van der Waals surface area contributed by atoms with E-state index in [2.05, 4.69) is 20.8 Å². The zero-order valence-corrected chi connectivity index (χ0v) is 26.5. The highest BCUT2D eigenvalue weighted by Crippen LogP contribution is 2.39. The predicted octanol–water partition coefficient (Wildman–Crippen LogP) is 4.98. The van der Waals surface area contributed by atoms with Crippen LogP contribution in [0.25, 0.3) is 5.69 Å². The molecule has 2 aromatic carbocycles. The first-order chi connectivity index (χ1) is 21.3. The fourth-order valence-corrected chi connectivity index (χ4v) is 7.00. The van der Waals surface area contributed by atoms with Gasteiger partial charge in [0.2, 0.25) is 5.91 Å². The van der Waals surface area contributed by atoms with Crippen molar-refractivity contribution in [3.05, 3.63) is 75.4 Å². The molecule has 2 N–H and O–H groups in total. The summed E-state index contributed by atoms with van der Waals surface area (Å²) in [5.41, 5.74) is 3.65. The fraction of sp³-hybridized carbons (Fsp3) is 0.323. The Morgan fingerprint density at radius 1 is 1.05 bits per heavy atom. The third-order valence-electron chi connectivity index (χ3n) is 6.97. The number of carbonyl (C=O) groups is 3. The number of nitrogens with zero attached hydrogens (tertiary/aromatic N) is 3. The molecule has 2 heterocycles. The van der Waals surface area contributed by atoms with Crippen molar-refractivity contribution in [2.75, 3.05) is 31.9 Å². The molecule has 13 heteroatoms. The lowest BCUT2D eigenvalue weighted by Crippen LogP contribution is -2.24. The number of thioether (sulfide) groups is 1. The van der Waals surface area contributed by atoms with E-state index in [9.17, 15) is 14.4 Å². The first-order valence-electron chi connectivity index (χ1n) is 14.1. The number of nitrogens with one attached hydrogen (secondary N) is 2. The lowest BCUT2D eigenvalue weighted by atomic mass is 10.1. The number of thiophene rings is 1. The van der Waals surface area contributed by atoms with E-state index in [1.54, 1.807) is 25.1 Å². The minimum absolute atomic E-state index is 0.0325. The number of ether oxygens (including phenoxy) is 3. The van der Waals surface area contributed by atoms with E-state index < -0.39 is 5.97 Å². The van der Waals surface area contributed by atoms with Crippen LogP contribution in [0.4, 0.5) is 5.00 Å². The Hall–Kier alpha value is -4.36. The quantitative estimate of drug-likeness (QED) is 0.163. The minimum Gasteiger partial charge on any atom is -0.497 e. The summed E-state index contributed by atoms with van der Waals surface area (Å²) in [6.45, 7) is 4.08. The largest absolute Gasteiger partial charge is 0.497 e. The Balaban J connectivity index is 1.33. The third-order valence-corrected chi connectivity index (χ3v) is 9.10. The average molecular weight is 636 g/mol. The van der Waals surface area contributed by atoms with Gasteiger partial charge in [-0.25, -0.2) is 4.79 Å². The molecule has 2 amide bonds. The molecule has 0 fully saturated rings. The number of esters is 1. The summed E-state index contributed by atoms with van der Waals surface area (Å²) >= 11 is 2.65. The molecule has 0 spiro atoms. The van der Waals surface area contributed by atoms with E-state index in [-0.39, 0.29) is 30.7 Å². The Morgan fingerprint density at radius 2 is 1.82 bits per heavy atom. The molecule has 1 aliphatic rings. The first-order valence-corrected chi connectivity index (χ1v) is 15.9. The summed E-state index contributed by atoms with van der Waals surface area (Å²) in [6, 6.07) is 12.7. The number of benzene rings is 2. The van der Waals surface area contributed by atoms with Crippen molar-refractivity contribution in [1.82, 2.24) is 20.1 Å². The van der Waals surface area contributed by atoms with E-state index in [1.165, 1.54) is 37.3 Å². The second-order valence-corrected chi connectivity index (χ2v) is 12.0. The van der Waals surface area contributed by atoms with Gasteiger partial charge in [-0.3, -0.25) is 14.2 Å².